The molecule has 1 rings (SSSR count). The molecule has 2 atom stereocenters. The van der Waals surface area contributed by atoms with Gasteiger partial charge in [0.15, 0.2) is 0 Å². The van der Waals surface area contributed by atoms with Crippen LogP contribution in [-0.4, -0.2) is 54.4 Å². The molecule has 0 bridgehead atoms. The number of aliphatic hydroxyl groups excluding tert-OH is 1. The fourth-order valence-corrected chi connectivity index (χ4v) is 2.58. The summed E-state index contributed by atoms with van der Waals surface area (Å²) in [7, 11) is 0. The summed E-state index contributed by atoms with van der Waals surface area (Å²) in [6.07, 6.45) is 0.962. The first-order chi connectivity index (χ1) is 9.47. The van der Waals surface area contributed by atoms with Crippen LogP contribution in [0.3, 0.4) is 0 Å². The zero-order chi connectivity index (χ0) is 15.1. The number of carbonyl (C=O) groups excluding carboxylic acids is 2. The van der Waals surface area contributed by atoms with Crippen LogP contribution in [0.4, 0.5) is 4.79 Å². The minimum absolute atomic E-state index is 0.0638. The number of nitrogens with one attached hydrogen (secondary N) is 1. The summed E-state index contributed by atoms with van der Waals surface area (Å²) in [5, 5.41) is 11.9. The number of hydrogen-bond donors (Lipinski definition) is 2. The van der Waals surface area contributed by atoms with Gasteiger partial charge in [-0.1, -0.05) is 13.8 Å². The molecule has 1 aliphatic heterocycles. The third-order valence-corrected chi connectivity index (χ3v) is 3.48. The van der Waals surface area contributed by atoms with Gasteiger partial charge in [0.2, 0.25) is 5.91 Å². The molecular formula is C14H26N2O4. The van der Waals surface area contributed by atoms with E-state index < -0.39 is 6.09 Å². The number of amides is 2. The topological polar surface area (TPSA) is 78.9 Å². The maximum atomic E-state index is 12.1. The van der Waals surface area contributed by atoms with Gasteiger partial charge in [-0.05, 0) is 25.7 Å². The van der Waals surface area contributed by atoms with E-state index in [0.717, 1.165) is 6.42 Å². The molecule has 6 nitrogen and oxygen atoms in total. The molecule has 2 N–H and O–H groups in total. The van der Waals surface area contributed by atoms with Gasteiger partial charge in [-0.15, -0.1) is 0 Å². The molecule has 1 saturated heterocycles. The van der Waals surface area contributed by atoms with E-state index in [0.29, 0.717) is 26.1 Å². The highest BCUT2D eigenvalue weighted by molar-refractivity contribution is 5.78. The molecule has 1 heterocycles. The maximum absolute atomic E-state index is 12.1. The van der Waals surface area contributed by atoms with Crippen LogP contribution >= 0.6 is 0 Å². The Kier molecular flexibility index (Phi) is 6.78. The van der Waals surface area contributed by atoms with Crippen molar-refractivity contribution in [3.05, 3.63) is 0 Å². The van der Waals surface area contributed by atoms with E-state index in [4.69, 9.17) is 9.84 Å². The summed E-state index contributed by atoms with van der Waals surface area (Å²) in [5.74, 6) is 0.234. The van der Waals surface area contributed by atoms with Gasteiger partial charge in [0.25, 0.3) is 0 Å². The largest absolute Gasteiger partial charge is 0.450 e. The van der Waals surface area contributed by atoms with Gasteiger partial charge in [0.1, 0.15) is 0 Å². The molecule has 0 aromatic rings. The average Bonchev–Trinajstić information content (AvgIpc) is 2.38. The number of piperidine rings is 1. The number of hydrogen-bond acceptors (Lipinski definition) is 4. The van der Waals surface area contributed by atoms with Crippen LogP contribution in [0.15, 0.2) is 0 Å². The lowest BCUT2D eigenvalue weighted by Gasteiger charge is -2.38. The minimum atomic E-state index is -0.445. The van der Waals surface area contributed by atoms with E-state index >= 15 is 0 Å². The van der Waals surface area contributed by atoms with E-state index in [1.54, 1.807) is 11.8 Å². The van der Waals surface area contributed by atoms with Gasteiger partial charge in [0.05, 0.1) is 12.6 Å². The van der Waals surface area contributed by atoms with Crippen LogP contribution < -0.4 is 5.32 Å². The summed E-state index contributed by atoms with van der Waals surface area (Å²) in [6.45, 7) is 7.07. The van der Waals surface area contributed by atoms with Crippen LogP contribution in [0.5, 0.6) is 0 Å². The van der Waals surface area contributed by atoms with Crippen LogP contribution in [0.2, 0.25) is 0 Å². The highest BCUT2D eigenvalue weighted by Gasteiger charge is 2.31. The highest BCUT2D eigenvalue weighted by Crippen LogP contribution is 2.21. The van der Waals surface area contributed by atoms with Gasteiger partial charge in [-0.2, -0.15) is 0 Å². The number of alkyl carbamates (subject to hydrolysis) is 1. The summed E-state index contributed by atoms with van der Waals surface area (Å²) < 4.78 is 4.88. The highest BCUT2D eigenvalue weighted by atomic mass is 16.5. The Bertz CT molecular complexity index is 333. The van der Waals surface area contributed by atoms with E-state index in [-0.39, 0.29) is 30.4 Å². The number of likely N-dealkylation sites (tertiary alicyclic amines) is 1. The van der Waals surface area contributed by atoms with Crippen molar-refractivity contribution < 1.29 is 19.4 Å². The van der Waals surface area contributed by atoms with Crippen molar-refractivity contribution in [2.45, 2.75) is 39.7 Å². The van der Waals surface area contributed by atoms with Crippen molar-refractivity contribution in [2.24, 2.45) is 11.8 Å². The fraction of sp³-hybridized carbons (Fsp3) is 0.857. The molecule has 1 aliphatic rings. The number of aliphatic hydroxyl groups is 1. The van der Waals surface area contributed by atoms with Crippen molar-refractivity contribution in [2.75, 3.05) is 26.3 Å². The number of rotatable bonds is 5. The van der Waals surface area contributed by atoms with Crippen molar-refractivity contribution in [1.29, 1.82) is 0 Å². The predicted molar refractivity (Wildman–Crippen MR) is 75.2 cm³/mol. The molecule has 1 fully saturated rings. The number of carbonyl (C=O) groups is 2. The van der Waals surface area contributed by atoms with E-state index in [1.807, 2.05) is 13.8 Å². The first kappa shape index (κ1) is 16.8. The monoisotopic (exact) mass is 286 g/mol. The number of nitrogens with zero attached hydrogens (tertiary/aromatic N) is 1. The SMILES string of the molecule is CCOC(=O)NC1CC(CCO)CN(C(=O)C(C)C)C1. The van der Waals surface area contributed by atoms with Crippen LogP contribution in [0.25, 0.3) is 0 Å². The average molecular weight is 286 g/mol. The van der Waals surface area contributed by atoms with Crippen LogP contribution in [0, 0.1) is 11.8 Å². The zero-order valence-corrected chi connectivity index (χ0v) is 12.6. The third kappa shape index (κ3) is 5.00. The molecule has 0 aliphatic carbocycles. The molecule has 116 valence electrons. The number of ether oxygens (including phenoxy) is 1. The molecule has 2 unspecified atom stereocenters. The lowest BCUT2D eigenvalue weighted by atomic mass is 9.91. The lowest BCUT2D eigenvalue weighted by molar-refractivity contribution is -0.137. The van der Waals surface area contributed by atoms with Crippen molar-refractivity contribution in [3.8, 4) is 0 Å². The summed E-state index contributed by atoms with van der Waals surface area (Å²) in [5.41, 5.74) is 0. The Morgan fingerprint density at radius 2 is 2.10 bits per heavy atom. The fourth-order valence-electron chi connectivity index (χ4n) is 2.58. The summed E-state index contributed by atoms with van der Waals surface area (Å²) in [6, 6.07) is -0.109. The Morgan fingerprint density at radius 1 is 1.40 bits per heavy atom. The van der Waals surface area contributed by atoms with Crippen molar-refractivity contribution in [1.82, 2.24) is 10.2 Å². The molecule has 0 spiro atoms. The van der Waals surface area contributed by atoms with Gasteiger partial charge in [0, 0.05) is 25.6 Å². The normalized spacial score (nSPS) is 22.8. The quantitative estimate of drug-likeness (QED) is 0.790. The molecule has 0 aromatic carbocycles. The lowest BCUT2D eigenvalue weighted by Crippen LogP contribution is -2.53. The molecular weight excluding hydrogens is 260 g/mol. The third-order valence-electron chi connectivity index (χ3n) is 3.48. The predicted octanol–water partition coefficient (Wildman–Crippen LogP) is 0.988. The molecule has 0 radical (unpaired) electrons. The summed E-state index contributed by atoms with van der Waals surface area (Å²) in [4.78, 5) is 25.4. The first-order valence-electron chi connectivity index (χ1n) is 7.30. The standard InChI is InChI=1S/C14H26N2O4/c1-4-20-14(19)15-12-7-11(5-6-17)8-16(9-12)13(18)10(2)3/h10-12,17H,4-9H2,1-3H3,(H,15,19). The Labute approximate surface area is 120 Å². The first-order valence-corrected chi connectivity index (χ1v) is 7.30. The van der Waals surface area contributed by atoms with Gasteiger partial charge < -0.3 is 20.1 Å². The van der Waals surface area contributed by atoms with Crippen molar-refractivity contribution >= 4 is 12.0 Å². The van der Waals surface area contributed by atoms with Gasteiger partial charge >= 0.3 is 6.09 Å². The molecule has 2 amide bonds. The zero-order valence-electron chi connectivity index (χ0n) is 12.6. The summed E-state index contributed by atoms with van der Waals surface area (Å²) >= 11 is 0. The molecule has 0 aromatic heterocycles. The minimum Gasteiger partial charge on any atom is -0.450 e. The Hall–Kier alpha value is -1.30. The van der Waals surface area contributed by atoms with E-state index in [9.17, 15) is 9.59 Å². The van der Waals surface area contributed by atoms with E-state index in [1.165, 1.54) is 0 Å². The molecule has 0 saturated carbocycles. The van der Waals surface area contributed by atoms with Crippen molar-refractivity contribution in [3.63, 3.8) is 0 Å². The Balaban J connectivity index is 2.65. The molecule has 20 heavy (non-hydrogen) atoms. The smallest absolute Gasteiger partial charge is 0.407 e. The van der Waals surface area contributed by atoms with Crippen LogP contribution in [-0.2, 0) is 9.53 Å². The Morgan fingerprint density at radius 3 is 2.65 bits per heavy atom. The second kappa shape index (κ2) is 8.09. The van der Waals surface area contributed by atoms with Gasteiger partial charge in [-0.3, -0.25) is 4.79 Å². The maximum Gasteiger partial charge on any atom is 0.407 e. The van der Waals surface area contributed by atoms with Crippen LogP contribution in [0.1, 0.15) is 33.6 Å². The second-order valence-electron chi connectivity index (χ2n) is 5.57. The van der Waals surface area contributed by atoms with Gasteiger partial charge in [-0.25, -0.2) is 4.79 Å². The molecule has 6 heteroatoms. The van der Waals surface area contributed by atoms with E-state index in [2.05, 4.69) is 5.32 Å². The second-order valence-corrected chi connectivity index (χ2v) is 5.57.